The van der Waals surface area contributed by atoms with Crippen LogP contribution in [-0.2, 0) is 5.41 Å². The molecule has 0 aliphatic heterocycles. The number of carbonyl (C=O) groups is 1. The SMILES string of the molecule is CC(C)(C)c1ccc(C2C=CC=C2)c(C(=O)c2ccccc2)c1. The summed E-state index contributed by atoms with van der Waals surface area (Å²) in [4.78, 5) is 13.1. The Bertz CT molecular complexity index is 761. The lowest BCUT2D eigenvalue weighted by Crippen LogP contribution is -2.14. The first kappa shape index (κ1) is 15.5. The van der Waals surface area contributed by atoms with Crippen LogP contribution in [0.3, 0.4) is 0 Å². The molecule has 0 radical (unpaired) electrons. The molecule has 2 aromatic rings. The zero-order valence-electron chi connectivity index (χ0n) is 13.9. The number of benzene rings is 2. The predicted molar refractivity (Wildman–Crippen MR) is 96.0 cm³/mol. The second-order valence-corrected chi connectivity index (χ2v) is 7.04. The fraction of sp³-hybridized carbons (Fsp3) is 0.227. The first-order chi connectivity index (χ1) is 11.0. The molecule has 0 heterocycles. The van der Waals surface area contributed by atoms with E-state index in [1.165, 1.54) is 5.56 Å². The van der Waals surface area contributed by atoms with Gasteiger partial charge in [0, 0.05) is 17.0 Å². The maximum Gasteiger partial charge on any atom is 0.193 e. The summed E-state index contributed by atoms with van der Waals surface area (Å²) in [5, 5.41) is 0. The number of ketones is 1. The lowest BCUT2D eigenvalue weighted by atomic mass is 9.82. The van der Waals surface area contributed by atoms with Gasteiger partial charge in [-0.05, 0) is 22.6 Å². The Morgan fingerprint density at radius 1 is 0.913 bits per heavy atom. The number of hydrogen-bond acceptors (Lipinski definition) is 1. The molecule has 1 aliphatic carbocycles. The van der Waals surface area contributed by atoms with Crippen molar-refractivity contribution in [2.75, 3.05) is 0 Å². The Morgan fingerprint density at radius 3 is 2.17 bits per heavy atom. The van der Waals surface area contributed by atoms with Gasteiger partial charge in [0.2, 0.25) is 0 Å². The largest absolute Gasteiger partial charge is 0.289 e. The van der Waals surface area contributed by atoms with Gasteiger partial charge in [-0.1, -0.05) is 87.5 Å². The van der Waals surface area contributed by atoms with Crippen LogP contribution in [-0.4, -0.2) is 5.78 Å². The molecule has 1 nitrogen and oxygen atoms in total. The average molecular weight is 302 g/mol. The minimum Gasteiger partial charge on any atom is -0.289 e. The van der Waals surface area contributed by atoms with E-state index < -0.39 is 0 Å². The predicted octanol–water partition coefficient (Wildman–Crippen LogP) is 5.42. The van der Waals surface area contributed by atoms with E-state index in [1.54, 1.807) is 0 Å². The average Bonchev–Trinajstić information content (AvgIpc) is 3.08. The van der Waals surface area contributed by atoms with E-state index in [4.69, 9.17) is 0 Å². The maximum absolute atomic E-state index is 13.1. The highest BCUT2D eigenvalue weighted by atomic mass is 16.1. The lowest BCUT2D eigenvalue weighted by Gasteiger charge is -2.22. The van der Waals surface area contributed by atoms with Crippen molar-refractivity contribution < 1.29 is 4.79 Å². The molecule has 2 aromatic carbocycles. The smallest absolute Gasteiger partial charge is 0.193 e. The molecule has 0 fully saturated rings. The van der Waals surface area contributed by atoms with Gasteiger partial charge < -0.3 is 0 Å². The normalized spacial score (nSPS) is 14.4. The second kappa shape index (κ2) is 6.00. The minimum atomic E-state index is 0.0194. The van der Waals surface area contributed by atoms with Crippen molar-refractivity contribution in [2.45, 2.75) is 32.1 Å². The first-order valence-electron chi connectivity index (χ1n) is 8.06. The maximum atomic E-state index is 13.1. The molecule has 0 N–H and O–H groups in total. The molecule has 0 atom stereocenters. The zero-order chi connectivity index (χ0) is 16.4. The molecule has 1 aliphatic rings. The van der Waals surface area contributed by atoms with E-state index in [2.05, 4.69) is 51.1 Å². The monoisotopic (exact) mass is 302 g/mol. The van der Waals surface area contributed by atoms with Crippen molar-refractivity contribution in [3.63, 3.8) is 0 Å². The Labute approximate surface area is 138 Å². The van der Waals surface area contributed by atoms with Crippen LogP contribution in [0.1, 0.15) is 53.7 Å². The van der Waals surface area contributed by atoms with Gasteiger partial charge in [-0.2, -0.15) is 0 Å². The van der Waals surface area contributed by atoms with Crippen molar-refractivity contribution in [1.29, 1.82) is 0 Å². The fourth-order valence-corrected chi connectivity index (χ4v) is 2.89. The summed E-state index contributed by atoms with van der Waals surface area (Å²) >= 11 is 0. The third-order valence-electron chi connectivity index (χ3n) is 4.31. The van der Waals surface area contributed by atoms with Crippen LogP contribution in [0, 0.1) is 0 Å². The third kappa shape index (κ3) is 3.19. The second-order valence-electron chi connectivity index (χ2n) is 7.04. The van der Waals surface area contributed by atoms with Crippen LogP contribution in [0.2, 0.25) is 0 Å². The molecule has 0 bridgehead atoms. The molecule has 0 saturated carbocycles. The van der Waals surface area contributed by atoms with Gasteiger partial charge in [0.05, 0.1) is 0 Å². The summed E-state index contributed by atoms with van der Waals surface area (Å²) in [7, 11) is 0. The molecule has 0 unspecified atom stereocenters. The highest BCUT2D eigenvalue weighted by Gasteiger charge is 2.22. The molecule has 3 rings (SSSR count). The molecule has 116 valence electrons. The number of carbonyl (C=O) groups excluding carboxylic acids is 1. The van der Waals surface area contributed by atoms with E-state index in [1.807, 2.05) is 42.5 Å². The summed E-state index contributed by atoms with van der Waals surface area (Å²) < 4.78 is 0. The molecule has 0 amide bonds. The van der Waals surface area contributed by atoms with E-state index in [-0.39, 0.29) is 17.1 Å². The van der Waals surface area contributed by atoms with E-state index in [0.717, 1.165) is 16.7 Å². The molecule has 0 aromatic heterocycles. The van der Waals surface area contributed by atoms with Crippen LogP contribution in [0.15, 0.2) is 72.8 Å². The fourth-order valence-electron chi connectivity index (χ4n) is 2.89. The van der Waals surface area contributed by atoms with Crippen molar-refractivity contribution in [3.05, 3.63) is 95.1 Å². The van der Waals surface area contributed by atoms with E-state index in [9.17, 15) is 4.79 Å². The van der Waals surface area contributed by atoms with Gasteiger partial charge in [-0.15, -0.1) is 0 Å². The Kier molecular flexibility index (Phi) is 4.04. The van der Waals surface area contributed by atoms with Crippen LogP contribution < -0.4 is 0 Å². The number of hydrogen-bond donors (Lipinski definition) is 0. The van der Waals surface area contributed by atoms with Gasteiger partial charge in [-0.3, -0.25) is 4.79 Å². The molecule has 0 saturated heterocycles. The van der Waals surface area contributed by atoms with Crippen LogP contribution in [0.5, 0.6) is 0 Å². The topological polar surface area (TPSA) is 17.1 Å². The van der Waals surface area contributed by atoms with E-state index >= 15 is 0 Å². The Hall–Kier alpha value is -2.41. The van der Waals surface area contributed by atoms with Crippen molar-refractivity contribution in [1.82, 2.24) is 0 Å². The summed E-state index contributed by atoms with van der Waals surface area (Å²) in [5.74, 6) is 0.284. The summed E-state index contributed by atoms with van der Waals surface area (Å²) in [5.41, 5.74) is 3.84. The summed E-state index contributed by atoms with van der Waals surface area (Å²) in [6, 6.07) is 15.9. The van der Waals surface area contributed by atoms with E-state index in [0.29, 0.717) is 0 Å². The first-order valence-corrected chi connectivity index (χ1v) is 8.06. The Balaban J connectivity index is 2.13. The minimum absolute atomic E-state index is 0.0194. The Morgan fingerprint density at radius 2 is 1.57 bits per heavy atom. The highest BCUT2D eigenvalue weighted by molar-refractivity contribution is 6.10. The summed E-state index contributed by atoms with van der Waals surface area (Å²) in [6.07, 6.45) is 8.35. The molecule has 0 spiro atoms. The third-order valence-corrected chi connectivity index (χ3v) is 4.31. The molecule has 1 heteroatoms. The molecule has 23 heavy (non-hydrogen) atoms. The standard InChI is InChI=1S/C22H22O/c1-22(2,3)18-13-14-19(16-9-7-8-10-16)20(15-18)21(23)17-11-5-4-6-12-17/h4-16H,1-3H3. The van der Waals surface area contributed by atoms with Crippen LogP contribution in [0.25, 0.3) is 0 Å². The van der Waals surface area contributed by atoms with Gasteiger partial charge in [-0.25, -0.2) is 0 Å². The van der Waals surface area contributed by atoms with Crippen molar-refractivity contribution in [2.24, 2.45) is 0 Å². The van der Waals surface area contributed by atoms with Gasteiger partial charge >= 0.3 is 0 Å². The number of rotatable bonds is 3. The molecular weight excluding hydrogens is 280 g/mol. The van der Waals surface area contributed by atoms with Crippen LogP contribution >= 0.6 is 0 Å². The number of allylic oxidation sites excluding steroid dienone is 4. The lowest BCUT2D eigenvalue weighted by molar-refractivity contribution is 0.103. The molecular formula is C22H22O. The van der Waals surface area contributed by atoms with Gasteiger partial charge in [0.25, 0.3) is 0 Å². The zero-order valence-corrected chi connectivity index (χ0v) is 13.9. The quantitative estimate of drug-likeness (QED) is 0.691. The van der Waals surface area contributed by atoms with Gasteiger partial charge in [0.15, 0.2) is 5.78 Å². The van der Waals surface area contributed by atoms with Crippen LogP contribution in [0.4, 0.5) is 0 Å². The van der Waals surface area contributed by atoms with Crippen molar-refractivity contribution >= 4 is 5.78 Å². The summed E-state index contributed by atoms with van der Waals surface area (Å²) in [6.45, 7) is 6.52. The van der Waals surface area contributed by atoms with Gasteiger partial charge in [0.1, 0.15) is 0 Å². The van der Waals surface area contributed by atoms with Crippen molar-refractivity contribution in [3.8, 4) is 0 Å². The highest BCUT2D eigenvalue weighted by Crippen LogP contribution is 2.32.